The van der Waals surface area contributed by atoms with E-state index in [4.69, 9.17) is 0 Å². The average Bonchev–Trinajstić information content (AvgIpc) is 3.21. The summed E-state index contributed by atoms with van der Waals surface area (Å²) >= 11 is 0. The van der Waals surface area contributed by atoms with E-state index in [2.05, 4.69) is 19.9 Å². The first-order valence-corrected chi connectivity index (χ1v) is 11.2. The Balaban J connectivity index is 1.38. The van der Waals surface area contributed by atoms with E-state index >= 15 is 0 Å². The van der Waals surface area contributed by atoms with Crippen molar-refractivity contribution in [2.75, 3.05) is 33.3 Å². The molecule has 0 amide bonds. The lowest BCUT2D eigenvalue weighted by molar-refractivity contribution is 0.0593. The first kappa shape index (κ1) is 20.0. The first-order valence-electron chi connectivity index (χ1n) is 9.80. The predicted molar refractivity (Wildman–Crippen MR) is 105 cm³/mol. The summed E-state index contributed by atoms with van der Waals surface area (Å²) in [6.07, 6.45) is 5.82. The van der Waals surface area contributed by atoms with Gasteiger partial charge in [0.15, 0.2) is 5.69 Å². The van der Waals surface area contributed by atoms with Crippen LogP contribution in [0, 0.1) is 0 Å². The second kappa shape index (κ2) is 8.21. The normalized spacial score (nSPS) is 18.4. The number of benzene rings is 1. The number of methoxy groups -OCH3 is 1. The maximum atomic E-state index is 13.1. The predicted octanol–water partition coefficient (Wildman–Crippen LogP) is 0.907. The van der Waals surface area contributed by atoms with E-state index in [-0.39, 0.29) is 5.69 Å². The van der Waals surface area contributed by atoms with Gasteiger partial charge in [-0.3, -0.25) is 4.90 Å². The highest BCUT2D eigenvalue weighted by Crippen LogP contribution is 2.26. The molecule has 2 aliphatic rings. The minimum Gasteiger partial charge on any atom is -0.464 e. The molecule has 0 radical (unpaired) electrons. The van der Waals surface area contributed by atoms with Crippen LogP contribution in [-0.2, 0) is 34.3 Å². The molecule has 1 aliphatic heterocycles. The Labute approximate surface area is 170 Å². The Morgan fingerprint density at radius 2 is 1.83 bits per heavy atom. The molecule has 1 fully saturated rings. The summed E-state index contributed by atoms with van der Waals surface area (Å²) in [6, 6.07) is 5.58. The SMILES string of the molecule is COC(=O)c1cn(CN2CCN(S(=O)(=O)c3ccc4c(c3)CCCC4)CC2)nn1. The van der Waals surface area contributed by atoms with Gasteiger partial charge in [-0.25, -0.2) is 17.9 Å². The molecule has 1 saturated heterocycles. The number of aryl methyl sites for hydroxylation is 2. The molecule has 10 heteroatoms. The van der Waals surface area contributed by atoms with Crippen LogP contribution in [0.25, 0.3) is 0 Å². The van der Waals surface area contributed by atoms with Gasteiger partial charge in [0, 0.05) is 26.2 Å². The fraction of sp³-hybridized carbons (Fsp3) is 0.526. The minimum absolute atomic E-state index is 0.154. The van der Waals surface area contributed by atoms with Crippen molar-refractivity contribution in [3.05, 3.63) is 41.2 Å². The lowest BCUT2D eigenvalue weighted by Crippen LogP contribution is -2.48. The van der Waals surface area contributed by atoms with Gasteiger partial charge in [-0.2, -0.15) is 4.31 Å². The minimum atomic E-state index is -3.49. The molecule has 2 aromatic rings. The lowest BCUT2D eigenvalue weighted by Gasteiger charge is -2.33. The van der Waals surface area contributed by atoms with Gasteiger partial charge in [0.1, 0.15) is 0 Å². The molecule has 0 unspecified atom stereocenters. The maximum absolute atomic E-state index is 13.1. The molecule has 4 rings (SSSR count). The van der Waals surface area contributed by atoms with Crippen molar-refractivity contribution in [3.8, 4) is 0 Å². The topological polar surface area (TPSA) is 97.6 Å². The van der Waals surface area contributed by atoms with Crippen molar-refractivity contribution in [2.45, 2.75) is 37.2 Å². The Kier molecular flexibility index (Phi) is 5.66. The van der Waals surface area contributed by atoms with E-state index in [1.54, 1.807) is 15.1 Å². The number of carbonyl (C=O) groups is 1. The number of hydrogen-bond donors (Lipinski definition) is 0. The molecule has 0 spiro atoms. The third-order valence-electron chi connectivity index (χ3n) is 5.57. The highest BCUT2D eigenvalue weighted by molar-refractivity contribution is 7.89. The molecular formula is C19H25N5O4S. The molecular weight excluding hydrogens is 394 g/mol. The van der Waals surface area contributed by atoms with Crippen LogP contribution in [0.3, 0.4) is 0 Å². The van der Waals surface area contributed by atoms with Crippen LogP contribution in [0.1, 0.15) is 34.5 Å². The molecule has 1 aliphatic carbocycles. The Hall–Kier alpha value is -2.30. The molecule has 1 aromatic heterocycles. The van der Waals surface area contributed by atoms with E-state index in [1.165, 1.54) is 30.9 Å². The van der Waals surface area contributed by atoms with Crippen LogP contribution in [0.2, 0.25) is 0 Å². The Morgan fingerprint density at radius 1 is 1.10 bits per heavy atom. The number of sulfonamides is 1. The number of hydrogen-bond acceptors (Lipinski definition) is 7. The van der Waals surface area contributed by atoms with Crippen molar-refractivity contribution in [2.24, 2.45) is 0 Å². The molecule has 1 aromatic carbocycles. The van der Waals surface area contributed by atoms with Crippen molar-refractivity contribution in [3.63, 3.8) is 0 Å². The number of fused-ring (bicyclic) bond motifs is 1. The van der Waals surface area contributed by atoms with Gasteiger partial charge in [0.05, 0.1) is 24.9 Å². The number of ether oxygens (including phenoxy) is 1. The average molecular weight is 420 g/mol. The fourth-order valence-corrected chi connectivity index (χ4v) is 5.37. The van der Waals surface area contributed by atoms with Crippen LogP contribution in [0.5, 0.6) is 0 Å². The highest BCUT2D eigenvalue weighted by atomic mass is 32.2. The molecule has 29 heavy (non-hydrogen) atoms. The van der Waals surface area contributed by atoms with E-state index in [1.807, 2.05) is 12.1 Å². The summed E-state index contributed by atoms with van der Waals surface area (Å²) in [5.74, 6) is -0.530. The summed E-state index contributed by atoms with van der Waals surface area (Å²) in [4.78, 5) is 13.9. The fourth-order valence-electron chi connectivity index (χ4n) is 3.90. The van der Waals surface area contributed by atoms with Gasteiger partial charge in [-0.15, -0.1) is 5.10 Å². The first-order chi connectivity index (χ1) is 14.0. The van der Waals surface area contributed by atoms with Crippen LogP contribution >= 0.6 is 0 Å². The van der Waals surface area contributed by atoms with E-state index in [0.717, 1.165) is 19.3 Å². The monoisotopic (exact) mass is 419 g/mol. The molecule has 156 valence electrons. The molecule has 2 heterocycles. The third-order valence-corrected chi connectivity index (χ3v) is 7.46. The summed E-state index contributed by atoms with van der Waals surface area (Å²) in [5, 5.41) is 7.71. The van der Waals surface area contributed by atoms with Crippen LogP contribution in [0.15, 0.2) is 29.3 Å². The van der Waals surface area contributed by atoms with Gasteiger partial charge in [0.25, 0.3) is 0 Å². The quantitative estimate of drug-likeness (QED) is 0.665. The number of carbonyl (C=O) groups excluding carboxylic acids is 1. The smallest absolute Gasteiger partial charge is 0.360 e. The second-order valence-electron chi connectivity index (χ2n) is 7.44. The van der Waals surface area contributed by atoms with Gasteiger partial charge in [-0.1, -0.05) is 11.3 Å². The van der Waals surface area contributed by atoms with E-state index in [9.17, 15) is 13.2 Å². The molecule has 0 atom stereocenters. The maximum Gasteiger partial charge on any atom is 0.360 e. The molecule has 9 nitrogen and oxygen atoms in total. The molecule has 0 saturated carbocycles. The summed E-state index contributed by atoms with van der Waals surface area (Å²) in [7, 11) is -2.20. The lowest BCUT2D eigenvalue weighted by atomic mass is 9.92. The van der Waals surface area contributed by atoms with Gasteiger partial charge < -0.3 is 4.74 Å². The largest absolute Gasteiger partial charge is 0.464 e. The highest BCUT2D eigenvalue weighted by Gasteiger charge is 2.29. The standard InChI is InChI=1S/C19H25N5O4S/c1-28-19(25)18-13-23(21-20-18)14-22-8-10-24(11-9-22)29(26,27)17-7-6-15-4-2-3-5-16(15)12-17/h6-7,12-13H,2-5,8-11,14H2,1H3. The number of esters is 1. The van der Waals surface area contributed by atoms with E-state index < -0.39 is 16.0 Å². The van der Waals surface area contributed by atoms with Gasteiger partial charge >= 0.3 is 5.97 Å². The number of piperazine rings is 1. The van der Waals surface area contributed by atoms with Gasteiger partial charge in [0.2, 0.25) is 10.0 Å². The number of aromatic nitrogens is 3. The van der Waals surface area contributed by atoms with E-state index in [0.29, 0.717) is 37.7 Å². The Morgan fingerprint density at radius 3 is 2.55 bits per heavy atom. The zero-order valence-electron chi connectivity index (χ0n) is 16.5. The van der Waals surface area contributed by atoms with Crippen molar-refractivity contribution >= 4 is 16.0 Å². The zero-order valence-corrected chi connectivity index (χ0v) is 17.3. The van der Waals surface area contributed by atoms with Crippen LogP contribution in [-0.4, -0.2) is 71.9 Å². The summed E-state index contributed by atoms with van der Waals surface area (Å²) in [6.45, 7) is 2.43. The van der Waals surface area contributed by atoms with Crippen LogP contribution in [0.4, 0.5) is 0 Å². The number of rotatable bonds is 5. The van der Waals surface area contributed by atoms with Crippen LogP contribution < -0.4 is 0 Å². The third kappa shape index (κ3) is 4.19. The van der Waals surface area contributed by atoms with Crippen molar-refractivity contribution in [1.29, 1.82) is 0 Å². The number of nitrogens with zero attached hydrogens (tertiary/aromatic N) is 5. The van der Waals surface area contributed by atoms with Gasteiger partial charge in [-0.05, 0) is 48.9 Å². The van der Waals surface area contributed by atoms with Crippen molar-refractivity contribution < 1.29 is 17.9 Å². The molecule has 0 N–H and O–H groups in total. The summed E-state index contributed by atoms with van der Waals surface area (Å²) < 4.78 is 33.9. The summed E-state index contributed by atoms with van der Waals surface area (Å²) in [5.41, 5.74) is 2.60. The Bertz CT molecular complexity index is 996. The zero-order chi connectivity index (χ0) is 20.4. The molecule has 0 bridgehead atoms. The second-order valence-corrected chi connectivity index (χ2v) is 9.37. The van der Waals surface area contributed by atoms with Crippen molar-refractivity contribution in [1.82, 2.24) is 24.2 Å².